The first kappa shape index (κ1) is 31.5. The molecule has 0 aliphatic carbocycles. The summed E-state index contributed by atoms with van der Waals surface area (Å²) >= 11 is 0. The normalized spacial score (nSPS) is 12.8. The molecule has 0 amide bonds. The Labute approximate surface area is 244 Å². The number of anilines is 1. The number of hydrogen-bond donors (Lipinski definition) is 2. The maximum Gasteiger partial charge on any atom is 0.573 e. The van der Waals surface area contributed by atoms with Gasteiger partial charge in [0.15, 0.2) is 9.84 Å². The lowest BCUT2D eigenvalue weighted by atomic mass is 10.0. The number of ether oxygens (including phenoxy) is 1. The van der Waals surface area contributed by atoms with Crippen LogP contribution in [0.2, 0.25) is 0 Å². The van der Waals surface area contributed by atoms with Crippen LogP contribution < -0.4 is 21.3 Å². The summed E-state index contributed by atoms with van der Waals surface area (Å²) in [4.78, 5) is 4.14. The van der Waals surface area contributed by atoms with Gasteiger partial charge in [0, 0.05) is 30.6 Å². The van der Waals surface area contributed by atoms with E-state index in [9.17, 15) is 30.4 Å². The number of benzene rings is 3. The van der Waals surface area contributed by atoms with Crippen molar-refractivity contribution in [2.24, 2.45) is 11.6 Å². The van der Waals surface area contributed by atoms with E-state index in [0.717, 1.165) is 29.6 Å². The average molecular weight is 622 g/mol. The minimum absolute atomic E-state index is 0.0841. The molecule has 8 nitrogen and oxygen atoms in total. The van der Waals surface area contributed by atoms with Crippen molar-refractivity contribution in [3.05, 3.63) is 96.2 Å². The van der Waals surface area contributed by atoms with Crippen LogP contribution in [0.1, 0.15) is 30.4 Å². The van der Waals surface area contributed by atoms with Gasteiger partial charge in [0.05, 0.1) is 22.0 Å². The molecule has 0 bridgehead atoms. The highest BCUT2D eigenvalue weighted by Crippen LogP contribution is 2.37. The Kier molecular flexibility index (Phi) is 8.56. The van der Waals surface area contributed by atoms with Crippen molar-refractivity contribution >= 4 is 21.2 Å². The number of halogens is 5. The second-order valence-electron chi connectivity index (χ2n) is 9.60. The Morgan fingerprint density at radius 1 is 1.02 bits per heavy atom. The Balaban J connectivity index is 1.87. The zero-order chi connectivity index (χ0) is 31.7. The van der Waals surface area contributed by atoms with E-state index in [1.165, 1.54) is 42.0 Å². The topological polar surface area (TPSA) is 116 Å². The predicted molar refractivity (Wildman–Crippen MR) is 153 cm³/mol. The summed E-state index contributed by atoms with van der Waals surface area (Å²) in [5.74, 6) is 3.16. The molecule has 4 rings (SSSR count). The molecule has 0 atom stereocenters. The lowest BCUT2D eigenvalue weighted by Gasteiger charge is -2.26. The maximum atomic E-state index is 14.5. The molecule has 4 N–H and O–H groups in total. The van der Waals surface area contributed by atoms with Gasteiger partial charge in [-0.05, 0) is 66.6 Å². The van der Waals surface area contributed by atoms with Crippen molar-refractivity contribution in [3.63, 3.8) is 0 Å². The number of alkyl halides is 5. The largest absolute Gasteiger partial charge is 0.573 e. The fourth-order valence-electron chi connectivity index (χ4n) is 4.35. The zero-order valence-corrected chi connectivity index (χ0v) is 24.0. The van der Waals surface area contributed by atoms with Crippen LogP contribution in [-0.4, -0.2) is 30.6 Å². The van der Waals surface area contributed by atoms with Crippen molar-refractivity contribution in [2.45, 2.75) is 37.4 Å². The van der Waals surface area contributed by atoms with Crippen LogP contribution in [0, 0.1) is 6.92 Å². The molecule has 43 heavy (non-hydrogen) atoms. The monoisotopic (exact) mass is 621 g/mol. The highest BCUT2D eigenvalue weighted by Gasteiger charge is 2.33. The quantitative estimate of drug-likeness (QED) is 0.128. The van der Waals surface area contributed by atoms with Gasteiger partial charge in [0.2, 0.25) is 0 Å². The van der Waals surface area contributed by atoms with Gasteiger partial charge >= 0.3 is 6.36 Å². The standard InChI is InChI=1S/C29H28F5N5O3S/c1-4-28(30,31)27-17-38(18(2)37-27)24-13-10-21(20-6-5-7-23(14-20)43(3,40)41)15-25(24)39(36)26(16-35)19-8-11-22(12-9-19)42-29(32,33)34/h5-17H,4,35-36H2,1-3H3/b26-16-. The van der Waals surface area contributed by atoms with Crippen molar-refractivity contribution in [1.29, 1.82) is 0 Å². The molecular formula is C29H28F5N5O3S. The highest BCUT2D eigenvalue weighted by atomic mass is 32.2. The number of nitrogens with two attached hydrogens (primary N) is 2. The number of imidazole rings is 1. The van der Waals surface area contributed by atoms with E-state index in [1.807, 2.05) is 0 Å². The number of aromatic nitrogens is 2. The molecule has 1 aromatic heterocycles. The predicted octanol–water partition coefficient (Wildman–Crippen LogP) is 6.29. The molecule has 0 unspecified atom stereocenters. The number of aryl methyl sites for hydroxylation is 1. The molecule has 0 radical (unpaired) electrons. The Hall–Kier alpha value is -4.43. The fourth-order valence-corrected chi connectivity index (χ4v) is 5.02. The van der Waals surface area contributed by atoms with Gasteiger partial charge in [-0.1, -0.05) is 25.1 Å². The Morgan fingerprint density at radius 2 is 1.67 bits per heavy atom. The molecule has 0 aliphatic heterocycles. The molecule has 228 valence electrons. The van der Waals surface area contributed by atoms with Crippen LogP contribution >= 0.6 is 0 Å². The number of sulfone groups is 1. The van der Waals surface area contributed by atoms with Crippen LogP contribution in [-0.2, 0) is 15.8 Å². The highest BCUT2D eigenvalue weighted by molar-refractivity contribution is 7.90. The van der Waals surface area contributed by atoms with E-state index >= 15 is 0 Å². The zero-order valence-electron chi connectivity index (χ0n) is 23.2. The summed E-state index contributed by atoms with van der Waals surface area (Å²) in [7, 11) is -3.52. The summed E-state index contributed by atoms with van der Waals surface area (Å²) in [5, 5.41) is 1.15. The minimum Gasteiger partial charge on any atom is -0.406 e. The number of rotatable bonds is 9. The van der Waals surface area contributed by atoms with Crippen molar-refractivity contribution < 1.29 is 35.1 Å². The van der Waals surface area contributed by atoms with Gasteiger partial charge in [-0.15, -0.1) is 13.2 Å². The van der Waals surface area contributed by atoms with Crippen LogP contribution in [0.4, 0.5) is 27.6 Å². The van der Waals surface area contributed by atoms with E-state index in [-0.39, 0.29) is 22.1 Å². The molecule has 0 saturated heterocycles. The van der Waals surface area contributed by atoms with Gasteiger partial charge in [-0.2, -0.15) is 8.78 Å². The van der Waals surface area contributed by atoms with Crippen molar-refractivity contribution in [2.75, 3.05) is 11.3 Å². The van der Waals surface area contributed by atoms with Gasteiger partial charge in [-0.25, -0.2) is 19.2 Å². The number of nitrogens with zero attached hydrogens (tertiary/aromatic N) is 3. The molecule has 0 fully saturated rings. The van der Waals surface area contributed by atoms with Gasteiger partial charge in [0.25, 0.3) is 5.92 Å². The molecule has 1 heterocycles. The summed E-state index contributed by atoms with van der Waals surface area (Å²) in [6.45, 7) is 2.88. The van der Waals surface area contributed by atoms with Crippen molar-refractivity contribution in [3.8, 4) is 22.6 Å². The molecule has 4 aromatic rings. The lowest BCUT2D eigenvalue weighted by Crippen LogP contribution is -2.31. The van der Waals surface area contributed by atoms with E-state index < -0.39 is 40.0 Å². The third-order valence-corrected chi connectivity index (χ3v) is 7.70. The smallest absolute Gasteiger partial charge is 0.406 e. The molecule has 3 aromatic carbocycles. The molecule has 0 saturated carbocycles. The molecule has 14 heteroatoms. The van der Waals surface area contributed by atoms with E-state index in [0.29, 0.717) is 22.4 Å². The van der Waals surface area contributed by atoms with Crippen LogP contribution in [0.25, 0.3) is 22.5 Å². The number of hydrogen-bond acceptors (Lipinski definition) is 7. The molecular weight excluding hydrogens is 593 g/mol. The van der Waals surface area contributed by atoms with Crippen LogP contribution in [0.5, 0.6) is 5.75 Å². The summed E-state index contributed by atoms with van der Waals surface area (Å²) in [6.07, 6.45) is -1.93. The van der Waals surface area contributed by atoms with Gasteiger partial charge < -0.3 is 15.0 Å². The second kappa shape index (κ2) is 11.7. The van der Waals surface area contributed by atoms with Crippen LogP contribution in [0.15, 0.2) is 84.0 Å². The number of hydrazine groups is 1. The third kappa shape index (κ3) is 6.97. The SMILES string of the molecule is CCC(F)(F)c1cn(-c2ccc(-c3cccc(S(C)(=O)=O)c3)cc2N(N)/C(=C\N)c2ccc(OC(F)(F)F)cc2)c(C)n1. The minimum atomic E-state index is -4.88. The first-order valence-corrected chi connectivity index (χ1v) is 14.7. The molecule has 0 aliphatic rings. The van der Waals surface area contributed by atoms with Gasteiger partial charge in [0.1, 0.15) is 17.3 Å². The summed E-state index contributed by atoms with van der Waals surface area (Å²) < 4.78 is 96.7. The van der Waals surface area contributed by atoms with E-state index in [4.69, 9.17) is 11.6 Å². The van der Waals surface area contributed by atoms with Gasteiger partial charge in [-0.3, -0.25) is 5.01 Å². The lowest BCUT2D eigenvalue weighted by molar-refractivity contribution is -0.274. The van der Waals surface area contributed by atoms with Crippen LogP contribution in [0.3, 0.4) is 0 Å². The van der Waals surface area contributed by atoms with E-state index in [1.54, 1.807) is 37.3 Å². The Bertz CT molecular complexity index is 1770. The Morgan fingerprint density at radius 3 is 2.26 bits per heavy atom. The molecule has 0 spiro atoms. The first-order chi connectivity index (χ1) is 20.0. The summed E-state index contributed by atoms with van der Waals surface area (Å²) in [6, 6.07) is 15.9. The maximum absolute atomic E-state index is 14.5. The fraction of sp³-hybridized carbons (Fsp3) is 0.207. The summed E-state index contributed by atoms with van der Waals surface area (Å²) in [5.41, 5.74) is 7.56. The third-order valence-electron chi connectivity index (χ3n) is 6.59. The first-order valence-electron chi connectivity index (χ1n) is 12.8. The second-order valence-corrected chi connectivity index (χ2v) is 11.6. The van der Waals surface area contributed by atoms with Crippen molar-refractivity contribution in [1.82, 2.24) is 9.55 Å². The average Bonchev–Trinajstić information content (AvgIpc) is 3.35. The van der Waals surface area contributed by atoms with E-state index in [2.05, 4.69) is 9.72 Å².